The van der Waals surface area contributed by atoms with Gasteiger partial charge in [-0.2, -0.15) is 0 Å². The summed E-state index contributed by atoms with van der Waals surface area (Å²) in [6.07, 6.45) is 6.99. The van der Waals surface area contributed by atoms with Crippen LogP contribution in [0.1, 0.15) is 44.7 Å². The maximum Gasteiger partial charge on any atom is 0.260 e. The molecule has 3 aromatic heterocycles. The highest BCUT2D eigenvalue weighted by Gasteiger charge is 2.29. The van der Waals surface area contributed by atoms with Gasteiger partial charge in [-0.1, -0.05) is 38.8 Å². The van der Waals surface area contributed by atoms with Crippen molar-refractivity contribution in [3.05, 3.63) is 81.1 Å². The van der Waals surface area contributed by atoms with Crippen molar-refractivity contribution in [2.24, 2.45) is 11.8 Å². The highest BCUT2D eigenvalue weighted by molar-refractivity contribution is 5.91. The van der Waals surface area contributed by atoms with Crippen molar-refractivity contribution < 1.29 is 4.74 Å². The fourth-order valence-electron chi connectivity index (χ4n) is 5.14. The lowest BCUT2D eigenvalue weighted by molar-refractivity contribution is 0.183. The van der Waals surface area contributed by atoms with E-state index in [-0.39, 0.29) is 17.2 Å². The van der Waals surface area contributed by atoms with Crippen molar-refractivity contribution in [2.75, 3.05) is 7.11 Å². The van der Waals surface area contributed by atoms with Crippen LogP contribution in [-0.4, -0.2) is 21.2 Å². The molecule has 0 N–H and O–H groups in total. The van der Waals surface area contributed by atoms with Gasteiger partial charge < -0.3 is 13.9 Å². The third kappa shape index (κ3) is 3.84. The molecule has 0 bridgehead atoms. The molecule has 3 heterocycles. The second-order valence-electron chi connectivity index (χ2n) is 9.31. The van der Waals surface area contributed by atoms with Gasteiger partial charge in [0.25, 0.3) is 11.1 Å². The molecule has 1 aliphatic carbocycles. The summed E-state index contributed by atoms with van der Waals surface area (Å²) in [7, 11) is 1.63. The summed E-state index contributed by atoms with van der Waals surface area (Å²) >= 11 is 0. The molecule has 1 aliphatic rings. The average molecular weight is 444 g/mol. The van der Waals surface area contributed by atoms with Gasteiger partial charge in [-0.25, -0.2) is 4.98 Å². The van der Waals surface area contributed by atoms with Crippen LogP contribution in [0.15, 0.2) is 64.4 Å². The second kappa shape index (κ2) is 8.50. The molecule has 0 aliphatic heterocycles. The van der Waals surface area contributed by atoms with Crippen molar-refractivity contribution >= 4 is 21.8 Å². The van der Waals surface area contributed by atoms with Crippen LogP contribution in [0.3, 0.4) is 0 Å². The molecule has 6 nitrogen and oxygen atoms in total. The van der Waals surface area contributed by atoms with Gasteiger partial charge >= 0.3 is 0 Å². The zero-order chi connectivity index (χ0) is 23.1. The minimum atomic E-state index is -0.146. The van der Waals surface area contributed by atoms with E-state index in [4.69, 9.17) is 4.74 Å². The Morgan fingerprint density at radius 1 is 0.939 bits per heavy atom. The summed E-state index contributed by atoms with van der Waals surface area (Å²) in [5.41, 5.74) is 2.03. The molecule has 1 saturated carbocycles. The van der Waals surface area contributed by atoms with E-state index >= 15 is 0 Å². The standard InChI is InChI=1S/C27H29N3O3/c1-17-5-4-6-25(18(17)2)30-14-12-24-22(27(30)32)15-21-23(28-24)11-13-29(26(21)31)16-19-7-9-20(33-3)10-8-19/h7-15,17-18,25H,4-6,16H2,1-3H3/t17-,18-,25+/m0/s1. The summed E-state index contributed by atoms with van der Waals surface area (Å²) < 4.78 is 8.74. The van der Waals surface area contributed by atoms with Crippen LogP contribution < -0.4 is 15.9 Å². The Hall–Kier alpha value is -3.41. The number of ether oxygens (including phenoxy) is 1. The third-order valence-electron chi connectivity index (χ3n) is 7.38. The molecule has 0 unspecified atom stereocenters. The molecule has 1 aromatic carbocycles. The van der Waals surface area contributed by atoms with E-state index < -0.39 is 0 Å². The summed E-state index contributed by atoms with van der Waals surface area (Å²) in [6.45, 7) is 4.94. The fraction of sp³-hybridized carbons (Fsp3) is 0.370. The van der Waals surface area contributed by atoms with Gasteiger partial charge in [0.2, 0.25) is 0 Å². The Bertz CT molecular complexity index is 1440. The second-order valence-corrected chi connectivity index (χ2v) is 9.31. The van der Waals surface area contributed by atoms with E-state index in [1.54, 1.807) is 23.9 Å². The zero-order valence-electron chi connectivity index (χ0n) is 19.3. The van der Waals surface area contributed by atoms with E-state index in [9.17, 15) is 9.59 Å². The van der Waals surface area contributed by atoms with Gasteiger partial charge in [0.1, 0.15) is 5.75 Å². The molecule has 5 rings (SSSR count). The topological polar surface area (TPSA) is 66.1 Å². The first kappa shape index (κ1) is 21.4. The number of rotatable bonds is 4. The lowest BCUT2D eigenvalue weighted by Gasteiger charge is -2.35. The largest absolute Gasteiger partial charge is 0.497 e. The van der Waals surface area contributed by atoms with Gasteiger partial charge in [-0.15, -0.1) is 0 Å². The Balaban J connectivity index is 1.58. The van der Waals surface area contributed by atoms with Crippen LogP contribution in [0.4, 0.5) is 0 Å². The lowest BCUT2D eigenvalue weighted by Crippen LogP contribution is -2.33. The molecule has 0 amide bonds. The fourth-order valence-corrected chi connectivity index (χ4v) is 5.14. The maximum atomic E-state index is 13.5. The molecule has 1 fully saturated rings. The van der Waals surface area contributed by atoms with Gasteiger partial charge in [-0.3, -0.25) is 9.59 Å². The number of aromatic nitrogens is 3. The molecule has 6 heteroatoms. The summed E-state index contributed by atoms with van der Waals surface area (Å²) in [5, 5.41) is 0.980. The first-order chi connectivity index (χ1) is 16.0. The molecule has 0 radical (unpaired) electrons. The number of hydrogen-bond acceptors (Lipinski definition) is 4. The van der Waals surface area contributed by atoms with Gasteiger partial charge in [0.05, 0.1) is 35.5 Å². The first-order valence-electron chi connectivity index (χ1n) is 11.6. The number of methoxy groups -OCH3 is 1. The monoisotopic (exact) mass is 443 g/mol. The van der Waals surface area contributed by atoms with Crippen molar-refractivity contribution in [2.45, 2.75) is 45.7 Å². The first-order valence-corrected chi connectivity index (χ1v) is 11.6. The molecule has 0 saturated heterocycles. The zero-order valence-corrected chi connectivity index (χ0v) is 19.3. The summed E-state index contributed by atoms with van der Waals surface area (Å²) in [4.78, 5) is 31.4. The molecular formula is C27H29N3O3. The Kier molecular flexibility index (Phi) is 5.52. The highest BCUT2D eigenvalue weighted by atomic mass is 16.5. The van der Waals surface area contributed by atoms with Crippen LogP contribution in [0.25, 0.3) is 21.8 Å². The molecule has 3 atom stereocenters. The van der Waals surface area contributed by atoms with Crippen LogP contribution in [0.5, 0.6) is 5.75 Å². The molecular weight excluding hydrogens is 414 g/mol. The SMILES string of the molecule is COc1ccc(Cn2ccc3nc4ccn([C@@H]5CCC[C@H](C)[C@@H]5C)c(=O)c4cc3c2=O)cc1. The number of fused-ring (bicyclic) bond motifs is 2. The van der Waals surface area contributed by atoms with Gasteiger partial charge in [0, 0.05) is 18.4 Å². The van der Waals surface area contributed by atoms with Crippen molar-refractivity contribution in [3.8, 4) is 5.75 Å². The molecule has 0 spiro atoms. The van der Waals surface area contributed by atoms with Crippen LogP contribution in [-0.2, 0) is 6.54 Å². The lowest BCUT2D eigenvalue weighted by atomic mass is 9.78. The van der Waals surface area contributed by atoms with Crippen LogP contribution >= 0.6 is 0 Å². The maximum absolute atomic E-state index is 13.5. The molecule has 33 heavy (non-hydrogen) atoms. The van der Waals surface area contributed by atoms with E-state index in [1.807, 2.05) is 47.2 Å². The minimum Gasteiger partial charge on any atom is -0.497 e. The summed E-state index contributed by atoms with van der Waals surface area (Å²) in [6, 6.07) is 13.3. The van der Waals surface area contributed by atoms with Gasteiger partial charge in [-0.05, 0) is 54.2 Å². The van der Waals surface area contributed by atoms with E-state index in [0.717, 1.165) is 24.2 Å². The summed E-state index contributed by atoms with van der Waals surface area (Å²) in [5.74, 6) is 1.80. The normalized spacial score (nSPS) is 20.9. The van der Waals surface area contributed by atoms with Crippen molar-refractivity contribution in [3.63, 3.8) is 0 Å². The van der Waals surface area contributed by atoms with E-state index in [1.165, 1.54) is 6.42 Å². The Labute approximate surface area is 192 Å². The highest BCUT2D eigenvalue weighted by Crippen LogP contribution is 2.37. The van der Waals surface area contributed by atoms with E-state index in [2.05, 4.69) is 18.8 Å². The van der Waals surface area contributed by atoms with Gasteiger partial charge in [0.15, 0.2) is 0 Å². The van der Waals surface area contributed by atoms with Crippen LogP contribution in [0, 0.1) is 11.8 Å². The molecule has 4 aromatic rings. The number of hydrogen-bond donors (Lipinski definition) is 0. The minimum absolute atomic E-state index is 0.0576. The Morgan fingerprint density at radius 3 is 2.36 bits per heavy atom. The van der Waals surface area contributed by atoms with E-state index in [0.29, 0.717) is 40.2 Å². The number of benzene rings is 1. The third-order valence-corrected chi connectivity index (χ3v) is 7.38. The number of pyridine rings is 3. The molecule has 170 valence electrons. The van der Waals surface area contributed by atoms with Crippen LogP contribution in [0.2, 0.25) is 0 Å². The Morgan fingerprint density at radius 2 is 1.64 bits per heavy atom. The predicted molar refractivity (Wildman–Crippen MR) is 131 cm³/mol. The van der Waals surface area contributed by atoms with Crippen molar-refractivity contribution in [1.82, 2.24) is 14.1 Å². The quantitative estimate of drug-likeness (QED) is 0.426. The number of nitrogens with zero attached hydrogens (tertiary/aromatic N) is 3. The smallest absolute Gasteiger partial charge is 0.260 e. The predicted octanol–water partition coefficient (Wildman–Crippen LogP) is 4.77. The van der Waals surface area contributed by atoms with Crippen molar-refractivity contribution in [1.29, 1.82) is 0 Å². The average Bonchev–Trinajstić information content (AvgIpc) is 2.83.